The number of halogens is 3. The summed E-state index contributed by atoms with van der Waals surface area (Å²) in [6.45, 7) is 3.09. The normalized spacial score (nSPS) is 14.5. The Morgan fingerprint density at radius 1 is 1.11 bits per heavy atom. The highest BCUT2D eigenvalue weighted by atomic mass is 32.2. The van der Waals surface area contributed by atoms with E-state index in [1.807, 2.05) is 0 Å². The van der Waals surface area contributed by atoms with Crippen molar-refractivity contribution in [3.8, 4) is 0 Å². The Morgan fingerprint density at radius 3 is 2.29 bits per heavy atom. The van der Waals surface area contributed by atoms with Crippen molar-refractivity contribution in [1.82, 2.24) is 15.0 Å². The molecule has 28 heavy (non-hydrogen) atoms. The maximum Gasteiger partial charge on any atom is 0.156 e. The number of anilines is 1. The third-order valence-corrected chi connectivity index (χ3v) is 5.17. The average Bonchev–Trinajstić information content (AvgIpc) is 2.96. The molecule has 0 aliphatic heterocycles. The lowest BCUT2D eigenvalue weighted by atomic mass is 10.1. The monoisotopic (exact) mass is 409 g/mol. The van der Waals surface area contributed by atoms with Crippen LogP contribution in [-0.4, -0.2) is 25.4 Å². The predicted octanol–water partition coefficient (Wildman–Crippen LogP) is 4.08. The van der Waals surface area contributed by atoms with E-state index in [1.54, 1.807) is 6.92 Å². The molecule has 3 N–H and O–H groups in total. The van der Waals surface area contributed by atoms with Crippen molar-refractivity contribution in [3.05, 3.63) is 70.6 Å². The van der Waals surface area contributed by atoms with E-state index in [1.165, 1.54) is 25.3 Å². The van der Waals surface area contributed by atoms with Crippen LogP contribution in [0.1, 0.15) is 28.8 Å². The summed E-state index contributed by atoms with van der Waals surface area (Å²) in [5.41, 5.74) is 0.742. The van der Waals surface area contributed by atoms with Gasteiger partial charge in [-0.05, 0) is 43.7 Å². The topological polar surface area (TPSA) is 94.5 Å². The van der Waals surface area contributed by atoms with E-state index in [-0.39, 0.29) is 27.9 Å². The first kappa shape index (κ1) is 19.9. The number of nitrogens with zero attached hydrogens (tertiary/aromatic N) is 2. The van der Waals surface area contributed by atoms with Crippen molar-refractivity contribution in [2.75, 3.05) is 11.6 Å². The molecular weight excluding hydrogens is 391 g/mol. The molecule has 1 aromatic carbocycles. The zero-order chi connectivity index (χ0) is 20.6. The number of aromatic nitrogens is 3. The zero-order valence-electron chi connectivity index (χ0n) is 15.3. The molecule has 0 amide bonds. The lowest BCUT2D eigenvalue weighted by Gasteiger charge is -2.18. The van der Waals surface area contributed by atoms with Gasteiger partial charge >= 0.3 is 0 Å². The first-order valence-corrected chi connectivity index (χ1v) is 10.2. The molecule has 3 aromatic rings. The van der Waals surface area contributed by atoms with Crippen LogP contribution in [0.3, 0.4) is 0 Å². The Kier molecular flexibility index (Phi) is 5.16. The smallest absolute Gasteiger partial charge is 0.156 e. The average molecular weight is 409 g/mol. The molecule has 148 valence electrons. The van der Waals surface area contributed by atoms with Crippen molar-refractivity contribution in [2.24, 2.45) is 0 Å². The van der Waals surface area contributed by atoms with Gasteiger partial charge in [-0.15, -0.1) is 0 Å². The number of rotatable bonds is 5. The number of aryl methyl sites for hydroxylation is 2. The minimum absolute atomic E-state index is 0.0504. The molecule has 0 radical (unpaired) electrons. The number of pyridine rings is 1. The summed E-state index contributed by atoms with van der Waals surface area (Å²) >= 11 is 0. The van der Waals surface area contributed by atoms with E-state index in [2.05, 4.69) is 20.3 Å². The van der Waals surface area contributed by atoms with E-state index in [4.69, 9.17) is 4.78 Å². The number of benzene rings is 1. The molecule has 3 rings (SSSR count). The lowest BCUT2D eigenvalue weighted by molar-refractivity contribution is 0.577. The summed E-state index contributed by atoms with van der Waals surface area (Å²) < 4.78 is 61.0. The molecule has 10 heteroatoms. The van der Waals surface area contributed by atoms with Gasteiger partial charge in [-0.1, -0.05) is 0 Å². The molecule has 2 unspecified atom stereocenters. The van der Waals surface area contributed by atoms with Crippen LogP contribution in [0, 0.1) is 36.1 Å². The predicted molar refractivity (Wildman–Crippen MR) is 99.1 cm³/mol. The summed E-state index contributed by atoms with van der Waals surface area (Å²) in [5.74, 6) is -1.60. The second-order valence-corrected chi connectivity index (χ2v) is 8.51. The van der Waals surface area contributed by atoms with Crippen LogP contribution < -0.4 is 5.32 Å². The Hall–Kier alpha value is -2.88. The van der Waals surface area contributed by atoms with Crippen LogP contribution in [-0.2, 0) is 9.73 Å². The summed E-state index contributed by atoms with van der Waals surface area (Å²) in [4.78, 5) is 11.2. The maximum atomic E-state index is 13.8. The molecule has 0 bridgehead atoms. The van der Waals surface area contributed by atoms with Crippen molar-refractivity contribution < 1.29 is 17.4 Å². The van der Waals surface area contributed by atoms with Gasteiger partial charge in [0.2, 0.25) is 0 Å². The number of hydrogen-bond donors (Lipinski definition) is 3. The number of H-pyrrole nitrogens is 1. The van der Waals surface area contributed by atoms with Gasteiger partial charge in [0.15, 0.2) is 5.03 Å². The Morgan fingerprint density at radius 2 is 1.75 bits per heavy atom. The molecule has 0 saturated heterocycles. The van der Waals surface area contributed by atoms with Gasteiger partial charge in [0.1, 0.15) is 35.1 Å². The molecule has 0 saturated carbocycles. The third-order valence-electron chi connectivity index (χ3n) is 4.03. The molecule has 2 aromatic heterocycles. The molecule has 0 aliphatic carbocycles. The quantitative estimate of drug-likeness (QED) is 0.592. The molecule has 0 aliphatic rings. The first-order valence-electron chi connectivity index (χ1n) is 8.20. The molecule has 6 nitrogen and oxygen atoms in total. The van der Waals surface area contributed by atoms with Gasteiger partial charge in [0, 0.05) is 18.0 Å². The molecule has 0 fully saturated rings. The van der Waals surface area contributed by atoms with E-state index in [0.717, 1.165) is 18.2 Å². The second kappa shape index (κ2) is 7.27. The Labute approximate surface area is 160 Å². The third kappa shape index (κ3) is 4.16. The summed E-state index contributed by atoms with van der Waals surface area (Å²) in [7, 11) is -3.11. The molecule has 0 spiro atoms. The van der Waals surface area contributed by atoms with Gasteiger partial charge in [0.05, 0.1) is 15.4 Å². The number of hydrogen-bond acceptors (Lipinski definition) is 5. The summed E-state index contributed by atoms with van der Waals surface area (Å²) in [6, 6.07) is 4.68. The number of imidazole rings is 1. The van der Waals surface area contributed by atoms with Crippen LogP contribution >= 0.6 is 0 Å². The van der Waals surface area contributed by atoms with Crippen LogP contribution in [0.5, 0.6) is 0 Å². The Bertz CT molecular complexity index is 1120. The van der Waals surface area contributed by atoms with Gasteiger partial charge in [-0.25, -0.2) is 32.1 Å². The SMILES string of the molecule is Cc1nc(NC(c2cc(F)cc(F)c2)c2nc(S(C)(=N)=O)c(C)[nH]2)ccc1F. The van der Waals surface area contributed by atoms with Crippen LogP contribution in [0.15, 0.2) is 35.4 Å². The Balaban J connectivity index is 2.12. The first-order chi connectivity index (χ1) is 13.0. The van der Waals surface area contributed by atoms with Crippen LogP contribution in [0.25, 0.3) is 0 Å². The van der Waals surface area contributed by atoms with Gasteiger partial charge in [0.25, 0.3) is 0 Å². The van der Waals surface area contributed by atoms with Crippen molar-refractivity contribution in [1.29, 1.82) is 4.78 Å². The number of nitrogens with one attached hydrogen (secondary N) is 3. The van der Waals surface area contributed by atoms with Crippen molar-refractivity contribution in [2.45, 2.75) is 24.9 Å². The van der Waals surface area contributed by atoms with Crippen molar-refractivity contribution >= 4 is 15.5 Å². The van der Waals surface area contributed by atoms with E-state index in [9.17, 15) is 17.4 Å². The molecule has 2 atom stereocenters. The lowest BCUT2D eigenvalue weighted by Crippen LogP contribution is -2.16. The standard InChI is InChI=1S/C18H18F3N5OS/c1-9-14(21)4-5-15(23-9)25-16(11-6-12(19)8-13(20)7-11)17-24-10(2)18(26-17)28(3,22)27/h4-8,16,22H,1-3H3,(H,23,25)(H,24,26). The molecule has 2 heterocycles. The zero-order valence-corrected chi connectivity index (χ0v) is 16.1. The fraction of sp³-hybridized carbons (Fsp3) is 0.222. The summed E-state index contributed by atoms with van der Waals surface area (Å²) in [5, 5.41) is 3.02. The molecular formula is C18H18F3N5OS. The van der Waals surface area contributed by atoms with E-state index >= 15 is 0 Å². The van der Waals surface area contributed by atoms with Crippen LogP contribution in [0.4, 0.5) is 19.0 Å². The van der Waals surface area contributed by atoms with Gasteiger partial charge in [-0.2, -0.15) is 0 Å². The van der Waals surface area contributed by atoms with Gasteiger partial charge in [-0.3, -0.25) is 0 Å². The van der Waals surface area contributed by atoms with E-state index in [0.29, 0.717) is 5.69 Å². The van der Waals surface area contributed by atoms with Crippen LogP contribution in [0.2, 0.25) is 0 Å². The minimum atomic E-state index is -3.11. The largest absolute Gasteiger partial charge is 0.356 e. The fourth-order valence-corrected chi connectivity index (χ4v) is 3.71. The maximum absolute atomic E-state index is 13.8. The fourth-order valence-electron chi connectivity index (χ4n) is 2.81. The highest BCUT2D eigenvalue weighted by Crippen LogP contribution is 2.28. The minimum Gasteiger partial charge on any atom is -0.356 e. The summed E-state index contributed by atoms with van der Waals surface area (Å²) in [6.07, 6.45) is 1.23. The second-order valence-electron chi connectivity index (χ2n) is 6.44. The highest BCUT2D eigenvalue weighted by Gasteiger charge is 2.23. The highest BCUT2D eigenvalue weighted by molar-refractivity contribution is 7.91. The number of aromatic amines is 1. The van der Waals surface area contributed by atoms with Gasteiger partial charge < -0.3 is 10.3 Å². The van der Waals surface area contributed by atoms with Crippen molar-refractivity contribution in [3.63, 3.8) is 0 Å². The van der Waals surface area contributed by atoms with E-state index < -0.39 is 33.2 Å².